The zero-order valence-electron chi connectivity index (χ0n) is 13.5. The molecule has 0 unspecified atom stereocenters. The maximum atomic E-state index is 12.2. The van der Waals surface area contributed by atoms with Crippen LogP contribution in [0.5, 0.6) is 5.75 Å². The van der Waals surface area contributed by atoms with Crippen molar-refractivity contribution in [1.29, 1.82) is 0 Å². The third-order valence-corrected chi connectivity index (χ3v) is 3.84. The van der Waals surface area contributed by atoms with E-state index in [9.17, 15) is 9.90 Å². The molecule has 24 heavy (non-hydrogen) atoms. The van der Waals surface area contributed by atoms with Gasteiger partial charge in [-0.15, -0.1) is 0 Å². The molecule has 3 aromatic rings. The molecule has 0 aliphatic rings. The van der Waals surface area contributed by atoms with Crippen molar-refractivity contribution in [1.82, 2.24) is 4.98 Å². The van der Waals surface area contributed by atoms with Gasteiger partial charge in [-0.1, -0.05) is 18.2 Å². The molecule has 0 aliphatic carbocycles. The Labute approximate surface area is 139 Å². The molecule has 0 bridgehead atoms. The predicted octanol–water partition coefficient (Wildman–Crippen LogP) is 3.03. The number of anilines is 1. The van der Waals surface area contributed by atoms with Crippen molar-refractivity contribution in [3.63, 3.8) is 0 Å². The first kappa shape index (κ1) is 16.1. The number of aromatic nitrogens is 1. The number of nitrogens with one attached hydrogen (secondary N) is 2. The standard InChI is InChI=1S/C19H20N2O3/c1-2-24-18-8-7-16(10-15(18)12-22)20-11-14-9-13-5-3-4-6-17(13)21-19(14)23/h3-10,20,22H,2,11-12H2,1H3,(H,21,23). The third-order valence-electron chi connectivity index (χ3n) is 3.84. The first-order valence-electron chi connectivity index (χ1n) is 7.92. The second-order valence-corrected chi connectivity index (χ2v) is 5.48. The molecule has 0 fully saturated rings. The molecule has 0 radical (unpaired) electrons. The Bertz CT molecular complexity index is 902. The average Bonchev–Trinajstić information content (AvgIpc) is 2.61. The lowest BCUT2D eigenvalue weighted by Crippen LogP contribution is -2.15. The summed E-state index contributed by atoms with van der Waals surface area (Å²) in [5.74, 6) is 0.675. The van der Waals surface area contributed by atoms with E-state index in [1.165, 1.54) is 0 Å². The molecular formula is C19H20N2O3. The number of fused-ring (bicyclic) bond motifs is 1. The van der Waals surface area contributed by atoms with Crippen molar-refractivity contribution in [3.8, 4) is 5.75 Å². The normalized spacial score (nSPS) is 10.8. The topological polar surface area (TPSA) is 74.3 Å². The van der Waals surface area contributed by atoms with Gasteiger partial charge in [0.15, 0.2) is 0 Å². The lowest BCUT2D eigenvalue weighted by atomic mass is 10.1. The van der Waals surface area contributed by atoms with Crippen molar-refractivity contribution in [2.75, 3.05) is 11.9 Å². The van der Waals surface area contributed by atoms with Crippen molar-refractivity contribution in [3.05, 3.63) is 70.0 Å². The van der Waals surface area contributed by atoms with Crippen molar-refractivity contribution < 1.29 is 9.84 Å². The Morgan fingerprint density at radius 3 is 2.75 bits per heavy atom. The van der Waals surface area contributed by atoms with Gasteiger partial charge in [-0.2, -0.15) is 0 Å². The minimum atomic E-state index is -0.102. The van der Waals surface area contributed by atoms with E-state index in [1.54, 1.807) is 0 Å². The summed E-state index contributed by atoms with van der Waals surface area (Å²) in [6, 6.07) is 15.1. The van der Waals surface area contributed by atoms with Gasteiger partial charge in [-0.25, -0.2) is 0 Å². The summed E-state index contributed by atoms with van der Waals surface area (Å²) >= 11 is 0. The Morgan fingerprint density at radius 2 is 1.96 bits per heavy atom. The number of rotatable bonds is 6. The lowest BCUT2D eigenvalue weighted by Gasteiger charge is -2.12. The van der Waals surface area contributed by atoms with Crippen LogP contribution in [0.1, 0.15) is 18.1 Å². The lowest BCUT2D eigenvalue weighted by molar-refractivity contribution is 0.267. The number of para-hydroxylation sites is 1. The van der Waals surface area contributed by atoms with E-state index in [-0.39, 0.29) is 12.2 Å². The number of benzene rings is 2. The summed E-state index contributed by atoms with van der Waals surface area (Å²) in [6.45, 7) is 2.76. The number of pyridine rings is 1. The number of aliphatic hydroxyl groups excluding tert-OH is 1. The predicted molar refractivity (Wildman–Crippen MR) is 95.4 cm³/mol. The molecule has 3 N–H and O–H groups in total. The fraction of sp³-hybridized carbons (Fsp3) is 0.211. The van der Waals surface area contributed by atoms with Gasteiger partial charge in [0.05, 0.1) is 13.2 Å². The van der Waals surface area contributed by atoms with Crippen LogP contribution in [0.2, 0.25) is 0 Å². The second kappa shape index (κ2) is 7.19. The largest absolute Gasteiger partial charge is 0.494 e. The second-order valence-electron chi connectivity index (χ2n) is 5.48. The van der Waals surface area contributed by atoms with E-state index in [0.29, 0.717) is 30.0 Å². The highest BCUT2D eigenvalue weighted by Gasteiger charge is 2.06. The van der Waals surface area contributed by atoms with Crippen LogP contribution < -0.4 is 15.6 Å². The van der Waals surface area contributed by atoms with Crippen LogP contribution in [0.3, 0.4) is 0 Å². The summed E-state index contributed by atoms with van der Waals surface area (Å²) in [7, 11) is 0. The van der Waals surface area contributed by atoms with Gasteiger partial charge in [0, 0.05) is 28.9 Å². The fourth-order valence-electron chi connectivity index (χ4n) is 2.63. The summed E-state index contributed by atoms with van der Waals surface area (Å²) in [5.41, 5.74) is 2.93. The molecule has 0 amide bonds. The number of hydrogen-bond donors (Lipinski definition) is 3. The monoisotopic (exact) mass is 324 g/mol. The molecule has 3 rings (SSSR count). The molecule has 0 spiro atoms. The van der Waals surface area contributed by atoms with E-state index >= 15 is 0 Å². The van der Waals surface area contributed by atoms with Crippen LogP contribution in [-0.2, 0) is 13.2 Å². The van der Waals surface area contributed by atoms with Gasteiger partial charge in [0.25, 0.3) is 5.56 Å². The number of hydrogen-bond acceptors (Lipinski definition) is 4. The molecule has 124 valence electrons. The SMILES string of the molecule is CCOc1ccc(NCc2cc3ccccc3[nH]c2=O)cc1CO. The number of aliphatic hydroxyl groups is 1. The van der Waals surface area contributed by atoms with E-state index in [2.05, 4.69) is 10.3 Å². The zero-order chi connectivity index (χ0) is 16.9. The Kier molecular flexibility index (Phi) is 4.82. The van der Waals surface area contributed by atoms with Crippen LogP contribution >= 0.6 is 0 Å². The number of ether oxygens (including phenoxy) is 1. The highest BCUT2D eigenvalue weighted by atomic mass is 16.5. The molecule has 0 atom stereocenters. The number of H-pyrrole nitrogens is 1. The zero-order valence-corrected chi connectivity index (χ0v) is 13.5. The molecule has 0 saturated heterocycles. The fourth-order valence-corrected chi connectivity index (χ4v) is 2.63. The smallest absolute Gasteiger partial charge is 0.253 e. The highest BCUT2D eigenvalue weighted by molar-refractivity contribution is 5.78. The van der Waals surface area contributed by atoms with E-state index in [4.69, 9.17) is 4.74 Å². The Hall–Kier alpha value is -2.79. The number of aromatic amines is 1. The Balaban J connectivity index is 1.80. The summed E-state index contributed by atoms with van der Waals surface area (Å²) in [4.78, 5) is 15.0. The minimum absolute atomic E-state index is 0.0958. The summed E-state index contributed by atoms with van der Waals surface area (Å²) < 4.78 is 5.47. The van der Waals surface area contributed by atoms with E-state index in [0.717, 1.165) is 16.6 Å². The molecule has 0 saturated carbocycles. The average molecular weight is 324 g/mol. The van der Waals surface area contributed by atoms with Crippen LogP contribution in [-0.4, -0.2) is 16.7 Å². The van der Waals surface area contributed by atoms with Crippen molar-refractivity contribution >= 4 is 16.6 Å². The van der Waals surface area contributed by atoms with Crippen LogP contribution in [0.4, 0.5) is 5.69 Å². The molecule has 5 heteroatoms. The van der Waals surface area contributed by atoms with E-state index < -0.39 is 0 Å². The molecule has 2 aromatic carbocycles. The molecule has 5 nitrogen and oxygen atoms in total. The summed E-state index contributed by atoms with van der Waals surface area (Å²) in [6.07, 6.45) is 0. The van der Waals surface area contributed by atoms with Crippen LogP contribution in [0.25, 0.3) is 10.9 Å². The molecule has 1 heterocycles. The van der Waals surface area contributed by atoms with Gasteiger partial charge in [0.2, 0.25) is 0 Å². The van der Waals surface area contributed by atoms with Gasteiger partial charge >= 0.3 is 0 Å². The Morgan fingerprint density at radius 1 is 1.12 bits per heavy atom. The molecular weight excluding hydrogens is 304 g/mol. The first-order valence-corrected chi connectivity index (χ1v) is 7.92. The quantitative estimate of drug-likeness (QED) is 0.651. The van der Waals surface area contributed by atoms with E-state index in [1.807, 2.05) is 55.5 Å². The highest BCUT2D eigenvalue weighted by Crippen LogP contribution is 2.23. The van der Waals surface area contributed by atoms with Gasteiger partial charge in [0.1, 0.15) is 5.75 Å². The third kappa shape index (κ3) is 3.41. The van der Waals surface area contributed by atoms with Crippen LogP contribution in [0, 0.1) is 0 Å². The van der Waals surface area contributed by atoms with Crippen molar-refractivity contribution in [2.45, 2.75) is 20.1 Å². The maximum Gasteiger partial charge on any atom is 0.253 e. The van der Waals surface area contributed by atoms with Gasteiger partial charge in [-0.3, -0.25) is 4.79 Å². The molecule has 0 aliphatic heterocycles. The maximum absolute atomic E-state index is 12.2. The van der Waals surface area contributed by atoms with Gasteiger partial charge < -0.3 is 20.1 Å². The minimum Gasteiger partial charge on any atom is -0.494 e. The van der Waals surface area contributed by atoms with Crippen molar-refractivity contribution in [2.24, 2.45) is 0 Å². The summed E-state index contributed by atoms with van der Waals surface area (Å²) in [5, 5.41) is 13.7. The molecule has 1 aromatic heterocycles. The first-order chi connectivity index (χ1) is 11.7. The van der Waals surface area contributed by atoms with Gasteiger partial charge in [-0.05, 0) is 42.6 Å². The van der Waals surface area contributed by atoms with Crippen LogP contribution in [0.15, 0.2) is 53.3 Å².